The Kier molecular flexibility index (Phi) is 7.38. The minimum absolute atomic E-state index is 0. The predicted octanol–water partition coefficient (Wildman–Crippen LogP) is 2.80. The maximum Gasteiger partial charge on any atom is 0.258 e. The molecule has 0 fully saturated rings. The summed E-state index contributed by atoms with van der Waals surface area (Å²) < 4.78 is 5.36. The Morgan fingerprint density at radius 3 is 2.54 bits per heavy atom. The van der Waals surface area contributed by atoms with Crippen LogP contribution in [0.3, 0.4) is 0 Å². The van der Waals surface area contributed by atoms with Crippen LogP contribution in [0.15, 0.2) is 28.8 Å². The summed E-state index contributed by atoms with van der Waals surface area (Å²) in [6.07, 6.45) is 0.874. The molecule has 0 spiro atoms. The maximum absolute atomic E-state index is 12.4. The average molecular weight is 353 g/mol. The van der Waals surface area contributed by atoms with Crippen LogP contribution in [0.4, 0.5) is 0 Å². The molecule has 2 aromatic rings. The molecule has 0 bridgehead atoms. The molecule has 1 aromatic heterocycles. The fourth-order valence-electron chi connectivity index (χ4n) is 2.07. The van der Waals surface area contributed by atoms with Gasteiger partial charge in [0.05, 0.1) is 11.1 Å². The first-order chi connectivity index (χ1) is 10.9. The molecule has 0 aliphatic heterocycles. The number of aromatic nitrogens is 2. The SMILES string of the molecule is CNCCCNC(=O)c1ccccc1-c1nc(C(C)(C)C)no1.Cl. The van der Waals surface area contributed by atoms with Gasteiger partial charge in [0, 0.05) is 12.0 Å². The second-order valence-electron chi connectivity index (χ2n) is 6.43. The quantitative estimate of drug-likeness (QED) is 0.781. The van der Waals surface area contributed by atoms with Gasteiger partial charge in [0.25, 0.3) is 11.8 Å². The Hall–Kier alpha value is -1.92. The zero-order valence-electron chi connectivity index (χ0n) is 14.5. The topological polar surface area (TPSA) is 80.0 Å². The second-order valence-corrected chi connectivity index (χ2v) is 6.43. The number of rotatable bonds is 6. The number of hydrogen-bond acceptors (Lipinski definition) is 5. The van der Waals surface area contributed by atoms with E-state index in [1.165, 1.54) is 0 Å². The third kappa shape index (κ3) is 5.04. The van der Waals surface area contributed by atoms with Gasteiger partial charge in [-0.25, -0.2) is 0 Å². The molecule has 0 radical (unpaired) electrons. The predicted molar refractivity (Wildman–Crippen MR) is 96.6 cm³/mol. The zero-order chi connectivity index (χ0) is 16.9. The van der Waals surface area contributed by atoms with Crippen molar-refractivity contribution in [3.63, 3.8) is 0 Å². The van der Waals surface area contributed by atoms with Gasteiger partial charge in [0.15, 0.2) is 5.82 Å². The van der Waals surface area contributed by atoms with Gasteiger partial charge in [-0.3, -0.25) is 4.79 Å². The van der Waals surface area contributed by atoms with E-state index in [4.69, 9.17) is 4.52 Å². The van der Waals surface area contributed by atoms with Crippen LogP contribution in [0.5, 0.6) is 0 Å². The van der Waals surface area contributed by atoms with Crippen molar-refractivity contribution in [1.29, 1.82) is 0 Å². The number of carbonyl (C=O) groups excluding carboxylic acids is 1. The van der Waals surface area contributed by atoms with Crippen LogP contribution in [-0.4, -0.2) is 36.2 Å². The third-order valence-corrected chi connectivity index (χ3v) is 3.39. The lowest BCUT2D eigenvalue weighted by Gasteiger charge is -2.11. The summed E-state index contributed by atoms with van der Waals surface area (Å²) in [5.74, 6) is 0.861. The minimum Gasteiger partial charge on any atom is -0.352 e. The van der Waals surface area contributed by atoms with Crippen LogP contribution in [0.1, 0.15) is 43.4 Å². The Morgan fingerprint density at radius 1 is 1.21 bits per heavy atom. The molecule has 2 rings (SSSR count). The van der Waals surface area contributed by atoms with Crippen molar-refractivity contribution in [2.75, 3.05) is 20.1 Å². The van der Waals surface area contributed by atoms with Crippen molar-refractivity contribution in [3.05, 3.63) is 35.7 Å². The third-order valence-electron chi connectivity index (χ3n) is 3.39. The lowest BCUT2D eigenvalue weighted by molar-refractivity contribution is 0.0953. The van der Waals surface area contributed by atoms with Crippen LogP contribution < -0.4 is 10.6 Å². The molecular weight excluding hydrogens is 328 g/mol. The minimum atomic E-state index is -0.202. The Bertz CT molecular complexity index is 665. The molecular formula is C17H25ClN4O2. The molecule has 1 heterocycles. The largest absolute Gasteiger partial charge is 0.352 e. The molecule has 2 N–H and O–H groups in total. The first kappa shape index (κ1) is 20.1. The molecule has 0 aliphatic rings. The number of nitrogens with one attached hydrogen (secondary N) is 2. The summed E-state index contributed by atoms with van der Waals surface area (Å²) in [6, 6.07) is 7.27. The molecule has 0 atom stereocenters. The molecule has 132 valence electrons. The highest BCUT2D eigenvalue weighted by atomic mass is 35.5. The van der Waals surface area contributed by atoms with E-state index in [0.717, 1.165) is 13.0 Å². The van der Waals surface area contributed by atoms with Gasteiger partial charge in [-0.2, -0.15) is 4.98 Å². The lowest BCUT2D eigenvalue weighted by Crippen LogP contribution is -2.27. The number of nitrogens with zero attached hydrogens (tertiary/aromatic N) is 2. The summed E-state index contributed by atoms with van der Waals surface area (Å²) in [4.78, 5) is 16.8. The van der Waals surface area contributed by atoms with Gasteiger partial charge in [-0.05, 0) is 32.1 Å². The molecule has 7 heteroatoms. The fraction of sp³-hybridized carbons (Fsp3) is 0.471. The van der Waals surface area contributed by atoms with Gasteiger partial charge in [0.1, 0.15) is 0 Å². The number of carbonyl (C=O) groups is 1. The summed E-state index contributed by atoms with van der Waals surface area (Å²) in [6.45, 7) is 7.53. The van der Waals surface area contributed by atoms with Gasteiger partial charge in [-0.15, -0.1) is 12.4 Å². The van der Waals surface area contributed by atoms with E-state index >= 15 is 0 Å². The normalized spacial score (nSPS) is 11.0. The Labute approximate surface area is 148 Å². The summed E-state index contributed by atoms with van der Waals surface area (Å²) in [5.41, 5.74) is 0.995. The lowest BCUT2D eigenvalue weighted by atomic mass is 9.96. The molecule has 0 aliphatic carbocycles. The number of halogens is 1. The van der Waals surface area contributed by atoms with Crippen molar-refractivity contribution in [3.8, 4) is 11.5 Å². The average Bonchev–Trinajstić information content (AvgIpc) is 3.01. The van der Waals surface area contributed by atoms with Gasteiger partial charge in [0.2, 0.25) is 0 Å². The van der Waals surface area contributed by atoms with Crippen molar-refractivity contribution >= 4 is 18.3 Å². The number of amides is 1. The maximum atomic E-state index is 12.4. The van der Waals surface area contributed by atoms with Crippen molar-refractivity contribution in [1.82, 2.24) is 20.8 Å². The summed E-state index contributed by atoms with van der Waals surface area (Å²) in [7, 11) is 1.89. The second kappa shape index (κ2) is 8.80. The smallest absolute Gasteiger partial charge is 0.258 e. The molecule has 0 saturated heterocycles. The monoisotopic (exact) mass is 352 g/mol. The zero-order valence-corrected chi connectivity index (χ0v) is 15.4. The standard InChI is InChI=1S/C17H24N4O2.ClH/c1-17(2,3)16-20-15(23-21-16)13-9-6-5-8-12(13)14(22)19-11-7-10-18-4;/h5-6,8-9,18H,7,10-11H2,1-4H3,(H,19,22);1H. The van der Waals surface area contributed by atoms with Gasteiger partial charge >= 0.3 is 0 Å². The number of hydrogen-bond donors (Lipinski definition) is 2. The van der Waals surface area contributed by atoms with Crippen LogP contribution in [0, 0.1) is 0 Å². The summed E-state index contributed by atoms with van der Waals surface area (Å²) in [5, 5.41) is 9.99. The molecule has 1 aromatic carbocycles. The first-order valence-electron chi connectivity index (χ1n) is 7.80. The molecule has 0 saturated carbocycles. The van der Waals surface area contributed by atoms with E-state index in [-0.39, 0.29) is 23.7 Å². The number of benzene rings is 1. The van der Waals surface area contributed by atoms with Crippen LogP contribution in [-0.2, 0) is 5.41 Å². The first-order valence-corrected chi connectivity index (χ1v) is 7.80. The molecule has 1 amide bonds. The van der Waals surface area contributed by atoms with E-state index in [9.17, 15) is 4.79 Å². The van der Waals surface area contributed by atoms with Gasteiger partial charge in [-0.1, -0.05) is 38.1 Å². The van der Waals surface area contributed by atoms with Crippen LogP contribution >= 0.6 is 12.4 Å². The molecule has 6 nitrogen and oxygen atoms in total. The van der Waals surface area contributed by atoms with Crippen molar-refractivity contribution in [2.24, 2.45) is 0 Å². The van der Waals surface area contributed by atoms with Crippen molar-refractivity contribution < 1.29 is 9.32 Å². The Balaban J connectivity index is 0.00000288. The van der Waals surface area contributed by atoms with Gasteiger partial charge < -0.3 is 15.2 Å². The van der Waals surface area contributed by atoms with Crippen LogP contribution in [0.25, 0.3) is 11.5 Å². The highest BCUT2D eigenvalue weighted by molar-refractivity contribution is 5.99. The van der Waals surface area contributed by atoms with E-state index in [2.05, 4.69) is 20.8 Å². The molecule has 24 heavy (non-hydrogen) atoms. The van der Waals surface area contributed by atoms with Crippen molar-refractivity contribution in [2.45, 2.75) is 32.6 Å². The highest BCUT2D eigenvalue weighted by Crippen LogP contribution is 2.26. The van der Waals surface area contributed by atoms with E-state index in [1.54, 1.807) is 6.07 Å². The Morgan fingerprint density at radius 2 is 1.92 bits per heavy atom. The highest BCUT2D eigenvalue weighted by Gasteiger charge is 2.23. The van der Waals surface area contributed by atoms with E-state index < -0.39 is 0 Å². The van der Waals surface area contributed by atoms with Crippen LogP contribution in [0.2, 0.25) is 0 Å². The fourth-order valence-corrected chi connectivity index (χ4v) is 2.07. The van der Waals surface area contributed by atoms with E-state index in [0.29, 0.717) is 29.4 Å². The summed E-state index contributed by atoms with van der Waals surface area (Å²) >= 11 is 0. The van der Waals surface area contributed by atoms with E-state index in [1.807, 2.05) is 46.0 Å². The molecule has 0 unspecified atom stereocenters.